The number of allylic oxidation sites excluding steroid dienone is 1. The van der Waals surface area contributed by atoms with Crippen LogP contribution in [0.3, 0.4) is 0 Å². The van der Waals surface area contributed by atoms with Crippen molar-refractivity contribution in [2.45, 2.75) is 170 Å². The van der Waals surface area contributed by atoms with Crippen LogP contribution in [0.15, 0.2) is 11.6 Å². The highest BCUT2D eigenvalue weighted by Crippen LogP contribution is 2.67. The first kappa shape index (κ1) is 34.1. The van der Waals surface area contributed by atoms with Crippen molar-refractivity contribution < 1.29 is 14.6 Å². The number of aliphatic hydroxyl groups excluding tert-OH is 1. The van der Waals surface area contributed by atoms with Crippen molar-refractivity contribution in [3.05, 3.63) is 11.6 Å². The van der Waals surface area contributed by atoms with Crippen molar-refractivity contribution in [2.24, 2.45) is 52.3 Å². The molecule has 0 amide bonds. The fourth-order valence-electron chi connectivity index (χ4n) is 10.6. The van der Waals surface area contributed by atoms with Gasteiger partial charge in [0, 0.05) is 0 Å². The normalized spacial score (nSPS) is 36.6. The summed E-state index contributed by atoms with van der Waals surface area (Å²) in [4.78, 5) is 13.1. The zero-order valence-corrected chi connectivity index (χ0v) is 28.6. The maximum Gasteiger partial charge on any atom is 0.309 e. The predicted molar refractivity (Wildman–Crippen MR) is 176 cm³/mol. The molecule has 1 N–H and O–H groups in total. The van der Waals surface area contributed by atoms with Gasteiger partial charge in [-0.3, -0.25) is 4.79 Å². The molecule has 4 rings (SSSR count). The molecule has 0 spiro atoms. The summed E-state index contributed by atoms with van der Waals surface area (Å²) in [6.07, 6.45) is 25.5. The highest BCUT2D eigenvalue weighted by atomic mass is 16.5. The lowest BCUT2D eigenvalue weighted by atomic mass is 9.46. The monoisotopic (exact) mass is 585 g/mol. The Kier molecular flexibility index (Phi) is 12.5. The van der Waals surface area contributed by atoms with Crippen molar-refractivity contribution in [3.63, 3.8) is 0 Å². The maximum absolute atomic E-state index is 13.1. The Morgan fingerprint density at radius 1 is 0.881 bits per heavy atom. The lowest BCUT2D eigenvalue weighted by Crippen LogP contribution is -2.54. The van der Waals surface area contributed by atoms with Crippen molar-refractivity contribution in [1.29, 1.82) is 0 Å². The molecule has 0 aromatic carbocycles. The molecule has 4 aliphatic carbocycles. The third kappa shape index (κ3) is 7.69. The van der Waals surface area contributed by atoms with Crippen LogP contribution in [-0.2, 0) is 9.53 Å². The summed E-state index contributed by atoms with van der Waals surface area (Å²) in [5.41, 5.74) is 1.88. The topological polar surface area (TPSA) is 46.5 Å². The van der Waals surface area contributed by atoms with Gasteiger partial charge in [0.25, 0.3) is 0 Å². The van der Waals surface area contributed by atoms with Gasteiger partial charge in [-0.05, 0) is 97.7 Å². The standard InChI is InChI=1S/C39H68O3/c1-7-8-9-10-11-12-13-14-15-25-42-37(41)30-21-23-38(5)31(26-30)27-35(40)36-33-20-19-32(29(4)18-16-17-28(2)3)39(33,6)24-22-34(36)38/h27-30,32-36,40H,7-26H2,1-6H3/t29-,30+,32-,33+,34+,35+,36+,38+,39-/m1/s1. The summed E-state index contributed by atoms with van der Waals surface area (Å²) in [6, 6.07) is 0. The van der Waals surface area contributed by atoms with Crippen molar-refractivity contribution in [2.75, 3.05) is 6.61 Å². The third-order valence-electron chi connectivity index (χ3n) is 13.2. The second-order valence-electron chi connectivity index (χ2n) is 16.4. The molecule has 0 bridgehead atoms. The molecule has 9 atom stereocenters. The molecule has 0 heterocycles. The molecule has 0 radical (unpaired) electrons. The van der Waals surface area contributed by atoms with E-state index in [1.807, 2.05) is 0 Å². The average Bonchev–Trinajstić information content (AvgIpc) is 3.31. The first-order chi connectivity index (χ1) is 20.1. The highest BCUT2D eigenvalue weighted by molar-refractivity contribution is 5.73. The molecule has 242 valence electrons. The Bertz CT molecular complexity index is 877. The molecule has 3 heteroatoms. The number of fused-ring (bicyclic) bond motifs is 5. The molecule has 3 fully saturated rings. The fraction of sp³-hybridized carbons (Fsp3) is 0.923. The second kappa shape index (κ2) is 15.4. The Balaban J connectivity index is 1.28. The van der Waals surface area contributed by atoms with Crippen molar-refractivity contribution in [3.8, 4) is 0 Å². The maximum atomic E-state index is 13.1. The van der Waals surface area contributed by atoms with E-state index in [0.717, 1.165) is 43.4 Å². The summed E-state index contributed by atoms with van der Waals surface area (Å²) in [5.74, 6) is 3.96. The number of carbonyl (C=O) groups is 1. The van der Waals surface area contributed by atoms with Gasteiger partial charge in [0.1, 0.15) is 0 Å². The van der Waals surface area contributed by atoms with E-state index in [-0.39, 0.29) is 23.4 Å². The van der Waals surface area contributed by atoms with E-state index in [1.54, 1.807) is 0 Å². The Morgan fingerprint density at radius 2 is 1.57 bits per heavy atom. The minimum absolute atomic E-state index is 0.00966. The number of esters is 1. The zero-order valence-electron chi connectivity index (χ0n) is 28.6. The third-order valence-corrected chi connectivity index (χ3v) is 13.2. The number of ether oxygens (including phenoxy) is 1. The summed E-state index contributed by atoms with van der Waals surface area (Å²) in [6.45, 7) is 15.1. The first-order valence-corrected chi connectivity index (χ1v) is 18.7. The van der Waals surface area contributed by atoms with Crippen LogP contribution in [0.4, 0.5) is 0 Å². The number of hydrogen-bond acceptors (Lipinski definition) is 3. The van der Waals surface area contributed by atoms with E-state index in [4.69, 9.17) is 4.74 Å². The Labute approximate surface area is 260 Å². The van der Waals surface area contributed by atoms with Gasteiger partial charge in [-0.15, -0.1) is 0 Å². The van der Waals surface area contributed by atoms with E-state index >= 15 is 0 Å². The van der Waals surface area contributed by atoms with Crippen LogP contribution in [0.2, 0.25) is 0 Å². The van der Waals surface area contributed by atoms with Gasteiger partial charge in [0.15, 0.2) is 0 Å². The molecule has 3 nitrogen and oxygen atoms in total. The fourth-order valence-corrected chi connectivity index (χ4v) is 10.6. The summed E-state index contributed by atoms with van der Waals surface area (Å²) < 4.78 is 5.80. The van der Waals surface area contributed by atoms with Gasteiger partial charge in [-0.25, -0.2) is 0 Å². The number of rotatable bonds is 16. The lowest BCUT2D eigenvalue weighted by Gasteiger charge is -2.59. The van der Waals surface area contributed by atoms with E-state index in [0.29, 0.717) is 29.8 Å². The summed E-state index contributed by atoms with van der Waals surface area (Å²) in [7, 11) is 0. The second-order valence-corrected chi connectivity index (χ2v) is 16.4. The largest absolute Gasteiger partial charge is 0.465 e. The van der Waals surface area contributed by atoms with Crippen LogP contribution >= 0.6 is 0 Å². The minimum atomic E-state index is -0.352. The number of carbonyl (C=O) groups excluding carboxylic acids is 1. The van der Waals surface area contributed by atoms with Gasteiger partial charge in [-0.1, -0.05) is 124 Å². The van der Waals surface area contributed by atoms with Crippen LogP contribution in [0.5, 0.6) is 0 Å². The lowest BCUT2D eigenvalue weighted by molar-refractivity contribution is -0.151. The molecule has 0 aromatic heterocycles. The molecule has 4 aliphatic rings. The van der Waals surface area contributed by atoms with Crippen LogP contribution < -0.4 is 0 Å². The smallest absolute Gasteiger partial charge is 0.309 e. The van der Waals surface area contributed by atoms with Gasteiger partial charge in [-0.2, -0.15) is 0 Å². The van der Waals surface area contributed by atoms with Crippen LogP contribution in [0.25, 0.3) is 0 Å². The average molecular weight is 585 g/mol. The van der Waals surface area contributed by atoms with Gasteiger partial charge >= 0.3 is 5.97 Å². The van der Waals surface area contributed by atoms with Crippen LogP contribution in [0, 0.1) is 52.3 Å². The van der Waals surface area contributed by atoms with E-state index in [9.17, 15) is 9.90 Å². The van der Waals surface area contributed by atoms with Crippen molar-refractivity contribution in [1.82, 2.24) is 0 Å². The van der Waals surface area contributed by atoms with Crippen molar-refractivity contribution >= 4 is 5.97 Å². The predicted octanol–water partition coefficient (Wildman–Crippen LogP) is 10.7. The summed E-state index contributed by atoms with van der Waals surface area (Å²) >= 11 is 0. The molecule has 0 aromatic rings. The Morgan fingerprint density at radius 3 is 2.26 bits per heavy atom. The van der Waals surface area contributed by atoms with E-state index in [1.165, 1.54) is 102 Å². The van der Waals surface area contributed by atoms with E-state index < -0.39 is 0 Å². The minimum Gasteiger partial charge on any atom is -0.465 e. The zero-order chi connectivity index (χ0) is 30.3. The molecule has 0 aliphatic heterocycles. The SMILES string of the molecule is CCCCCCCCCCCOC(=O)[C@H]1CC[C@@]2(C)C(=C[C@H](O)[C@H]3[C@@H]4CC[C@H]([C@H](C)CCCC(C)C)[C@@]4(C)CC[C@@H]32)C1. The number of aliphatic hydroxyl groups is 1. The number of unbranched alkanes of at least 4 members (excludes halogenated alkanes) is 8. The first-order valence-electron chi connectivity index (χ1n) is 18.7. The molecule has 0 saturated heterocycles. The van der Waals surface area contributed by atoms with Gasteiger partial charge < -0.3 is 9.84 Å². The van der Waals surface area contributed by atoms with E-state index in [2.05, 4.69) is 47.6 Å². The molecule has 3 saturated carbocycles. The molecular formula is C39H68O3. The van der Waals surface area contributed by atoms with Gasteiger partial charge in [0.05, 0.1) is 18.6 Å². The Hall–Kier alpha value is -0.830. The highest BCUT2D eigenvalue weighted by Gasteiger charge is 2.61. The van der Waals surface area contributed by atoms with Gasteiger partial charge in [0.2, 0.25) is 0 Å². The molecular weight excluding hydrogens is 516 g/mol. The number of hydrogen-bond donors (Lipinski definition) is 1. The molecule has 42 heavy (non-hydrogen) atoms. The quantitative estimate of drug-likeness (QED) is 0.111. The summed E-state index contributed by atoms with van der Waals surface area (Å²) in [5, 5.41) is 11.7. The van der Waals surface area contributed by atoms with Crippen LogP contribution in [-0.4, -0.2) is 23.8 Å². The molecule has 0 unspecified atom stereocenters. The van der Waals surface area contributed by atoms with Crippen LogP contribution in [0.1, 0.15) is 164 Å².